The van der Waals surface area contributed by atoms with E-state index in [1.807, 2.05) is 24.6 Å². The van der Waals surface area contributed by atoms with Crippen LogP contribution in [0.3, 0.4) is 0 Å². The van der Waals surface area contributed by atoms with Crippen molar-refractivity contribution < 1.29 is 0 Å². The zero-order chi connectivity index (χ0) is 10.8. The number of nitrogens with one attached hydrogen (secondary N) is 1. The smallest absolute Gasteiger partial charge is 0.185 e. The predicted molar refractivity (Wildman–Crippen MR) is 65.6 cm³/mol. The predicted octanol–water partition coefficient (Wildman–Crippen LogP) is 2.41. The third-order valence-electron chi connectivity index (χ3n) is 3.17. The van der Waals surface area contributed by atoms with Gasteiger partial charge in [-0.05, 0) is 33.7 Å². The van der Waals surface area contributed by atoms with E-state index in [0.717, 1.165) is 0 Å². The summed E-state index contributed by atoms with van der Waals surface area (Å²) in [6.45, 7) is 5.63. The lowest BCUT2D eigenvalue weighted by Gasteiger charge is -2.19. The first-order valence-electron chi connectivity index (χ1n) is 5.62. The Kier molecular flexibility index (Phi) is 3.26. The van der Waals surface area contributed by atoms with E-state index in [1.165, 1.54) is 29.4 Å². The van der Waals surface area contributed by atoms with E-state index in [4.69, 9.17) is 0 Å². The molecule has 1 saturated heterocycles. The number of rotatable bonds is 3. The minimum Gasteiger partial charge on any atom is -0.345 e. The Balaban J connectivity index is 2.12. The van der Waals surface area contributed by atoms with E-state index in [2.05, 4.69) is 29.0 Å². The minimum atomic E-state index is 0.411. The van der Waals surface area contributed by atoms with E-state index in [1.54, 1.807) is 0 Å². The zero-order valence-electron chi connectivity index (χ0n) is 9.66. The highest BCUT2D eigenvalue weighted by molar-refractivity contribution is 7.15. The average molecular weight is 225 g/mol. The first-order chi connectivity index (χ1) is 7.22. The number of anilines is 1. The van der Waals surface area contributed by atoms with Crippen LogP contribution < -0.4 is 10.2 Å². The summed E-state index contributed by atoms with van der Waals surface area (Å²) in [7, 11) is 1.99. The zero-order valence-corrected chi connectivity index (χ0v) is 10.5. The van der Waals surface area contributed by atoms with Crippen molar-refractivity contribution >= 4 is 16.5 Å². The monoisotopic (exact) mass is 225 g/mol. The summed E-state index contributed by atoms with van der Waals surface area (Å²) in [5.74, 6) is 0. The van der Waals surface area contributed by atoms with Gasteiger partial charge < -0.3 is 10.2 Å². The summed E-state index contributed by atoms with van der Waals surface area (Å²) in [6, 6.07) is 1.07. The van der Waals surface area contributed by atoms with Crippen LogP contribution in [0.4, 0.5) is 5.13 Å². The molecular weight excluding hydrogens is 206 g/mol. The van der Waals surface area contributed by atoms with Crippen molar-refractivity contribution in [3.8, 4) is 0 Å². The number of nitrogens with zero attached hydrogens (tertiary/aromatic N) is 2. The second-order valence-electron chi connectivity index (χ2n) is 4.24. The molecule has 1 aliphatic heterocycles. The van der Waals surface area contributed by atoms with Gasteiger partial charge in [0, 0.05) is 29.7 Å². The normalized spacial score (nSPS) is 23.4. The Bertz CT molecular complexity index is 323. The molecule has 3 nitrogen and oxygen atoms in total. The van der Waals surface area contributed by atoms with Crippen LogP contribution in [0, 0.1) is 0 Å². The molecular formula is C11H19N3S. The number of hydrogen-bond donors (Lipinski definition) is 1. The molecule has 2 atom stereocenters. The van der Waals surface area contributed by atoms with Crippen LogP contribution in [0.1, 0.15) is 37.6 Å². The molecule has 0 saturated carbocycles. The number of thiazole rings is 1. The van der Waals surface area contributed by atoms with Gasteiger partial charge in [0.05, 0.1) is 0 Å². The molecule has 2 unspecified atom stereocenters. The highest BCUT2D eigenvalue weighted by Gasteiger charge is 2.23. The quantitative estimate of drug-likeness (QED) is 0.856. The molecule has 0 radical (unpaired) electrons. The second kappa shape index (κ2) is 4.49. The first kappa shape index (κ1) is 10.9. The van der Waals surface area contributed by atoms with Gasteiger partial charge in [0.1, 0.15) is 0 Å². The summed E-state index contributed by atoms with van der Waals surface area (Å²) < 4.78 is 0. The van der Waals surface area contributed by atoms with Gasteiger partial charge in [-0.25, -0.2) is 4.98 Å². The van der Waals surface area contributed by atoms with Crippen LogP contribution >= 0.6 is 11.3 Å². The van der Waals surface area contributed by atoms with Gasteiger partial charge in [-0.2, -0.15) is 0 Å². The van der Waals surface area contributed by atoms with Gasteiger partial charge in [-0.1, -0.05) is 0 Å². The molecule has 2 rings (SSSR count). The van der Waals surface area contributed by atoms with Gasteiger partial charge >= 0.3 is 0 Å². The average Bonchev–Trinajstić information content (AvgIpc) is 2.84. The van der Waals surface area contributed by atoms with Crippen LogP contribution in [0.2, 0.25) is 0 Å². The fourth-order valence-corrected chi connectivity index (χ4v) is 3.07. The lowest BCUT2D eigenvalue weighted by atomic mass is 10.2. The third kappa shape index (κ3) is 2.16. The minimum absolute atomic E-state index is 0.411. The highest BCUT2D eigenvalue weighted by atomic mass is 32.1. The topological polar surface area (TPSA) is 28.2 Å². The molecule has 2 heterocycles. The van der Waals surface area contributed by atoms with Crippen LogP contribution in [0.25, 0.3) is 0 Å². The fourth-order valence-electron chi connectivity index (χ4n) is 1.97. The molecule has 0 spiro atoms. The van der Waals surface area contributed by atoms with E-state index in [0.29, 0.717) is 12.1 Å². The van der Waals surface area contributed by atoms with Crippen molar-refractivity contribution in [2.75, 3.05) is 18.5 Å². The van der Waals surface area contributed by atoms with E-state index in [-0.39, 0.29) is 0 Å². The van der Waals surface area contributed by atoms with E-state index < -0.39 is 0 Å². The Morgan fingerprint density at radius 2 is 2.47 bits per heavy atom. The lowest BCUT2D eigenvalue weighted by Crippen LogP contribution is -2.25. The summed E-state index contributed by atoms with van der Waals surface area (Å²) in [5, 5.41) is 4.44. The summed E-state index contributed by atoms with van der Waals surface area (Å²) in [5.41, 5.74) is 0. The molecule has 1 aromatic rings. The van der Waals surface area contributed by atoms with E-state index in [9.17, 15) is 0 Å². The van der Waals surface area contributed by atoms with Crippen LogP contribution in [-0.4, -0.2) is 24.6 Å². The molecule has 1 aromatic heterocycles. The lowest BCUT2D eigenvalue weighted by molar-refractivity contribution is 0.662. The van der Waals surface area contributed by atoms with Crippen LogP contribution in [-0.2, 0) is 0 Å². The van der Waals surface area contributed by atoms with Crippen molar-refractivity contribution in [3.05, 3.63) is 11.1 Å². The van der Waals surface area contributed by atoms with Crippen molar-refractivity contribution in [2.24, 2.45) is 0 Å². The molecule has 0 aromatic carbocycles. The Hall–Kier alpha value is -0.610. The Morgan fingerprint density at radius 3 is 3.07 bits per heavy atom. The van der Waals surface area contributed by atoms with Gasteiger partial charge in [-0.15, -0.1) is 11.3 Å². The molecule has 1 fully saturated rings. The molecule has 0 amide bonds. The van der Waals surface area contributed by atoms with Crippen LogP contribution in [0.15, 0.2) is 6.20 Å². The maximum Gasteiger partial charge on any atom is 0.185 e. The fraction of sp³-hybridized carbons (Fsp3) is 0.727. The van der Waals surface area contributed by atoms with Crippen molar-refractivity contribution in [2.45, 2.75) is 38.8 Å². The van der Waals surface area contributed by atoms with Crippen molar-refractivity contribution in [3.63, 3.8) is 0 Å². The number of aromatic nitrogens is 1. The van der Waals surface area contributed by atoms with Gasteiger partial charge in [0.15, 0.2) is 5.13 Å². The molecule has 4 heteroatoms. The second-order valence-corrected chi connectivity index (χ2v) is 5.28. The van der Waals surface area contributed by atoms with Gasteiger partial charge in [0.25, 0.3) is 0 Å². The first-order valence-corrected chi connectivity index (χ1v) is 6.43. The molecule has 15 heavy (non-hydrogen) atoms. The molecule has 84 valence electrons. The summed E-state index contributed by atoms with van der Waals surface area (Å²) >= 11 is 1.82. The highest BCUT2D eigenvalue weighted by Crippen LogP contribution is 2.31. The molecule has 0 aliphatic carbocycles. The van der Waals surface area contributed by atoms with Crippen LogP contribution in [0.5, 0.6) is 0 Å². The maximum atomic E-state index is 4.52. The Morgan fingerprint density at radius 1 is 1.67 bits per heavy atom. The Labute approximate surface area is 95.5 Å². The molecule has 0 bridgehead atoms. The van der Waals surface area contributed by atoms with E-state index >= 15 is 0 Å². The summed E-state index contributed by atoms with van der Waals surface area (Å²) in [4.78, 5) is 8.27. The SMILES string of the molecule is CNC(C)c1cnc(N2CCCC2C)s1. The third-order valence-corrected chi connectivity index (χ3v) is 4.39. The maximum absolute atomic E-state index is 4.52. The standard InChI is InChI=1S/C11H19N3S/c1-8-5-4-6-14(8)11-13-7-10(15-11)9(2)12-3/h7-9,12H,4-6H2,1-3H3. The molecule has 1 N–H and O–H groups in total. The largest absolute Gasteiger partial charge is 0.345 e. The summed E-state index contributed by atoms with van der Waals surface area (Å²) in [6.07, 6.45) is 4.61. The van der Waals surface area contributed by atoms with Crippen molar-refractivity contribution in [1.29, 1.82) is 0 Å². The van der Waals surface area contributed by atoms with Gasteiger partial charge in [0.2, 0.25) is 0 Å². The van der Waals surface area contributed by atoms with Gasteiger partial charge in [-0.3, -0.25) is 0 Å². The molecule has 1 aliphatic rings. The van der Waals surface area contributed by atoms with Crippen molar-refractivity contribution in [1.82, 2.24) is 10.3 Å². The number of hydrogen-bond acceptors (Lipinski definition) is 4.